The second-order valence-electron chi connectivity index (χ2n) is 9.03. The number of anilines is 1. The van der Waals surface area contributed by atoms with E-state index in [0.29, 0.717) is 52.6 Å². The number of carbonyl (C=O) groups excluding carboxylic acids is 1. The predicted octanol–water partition coefficient (Wildman–Crippen LogP) is 4.12. The fraction of sp³-hybridized carbons (Fsp3) is 0.478. The van der Waals surface area contributed by atoms with Gasteiger partial charge in [-0.05, 0) is 63.3 Å². The zero-order chi connectivity index (χ0) is 23.9. The van der Waals surface area contributed by atoms with Gasteiger partial charge in [0.25, 0.3) is 0 Å². The molecule has 1 saturated carbocycles. The maximum atomic E-state index is 13.5. The summed E-state index contributed by atoms with van der Waals surface area (Å²) in [6, 6.07) is 5.27. The Labute approximate surface area is 202 Å². The molecular weight excluding hydrogens is 474 g/mol. The van der Waals surface area contributed by atoms with Crippen LogP contribution in [0.25, 0.3) is 10.7 Å². The fourth-order valence-corrected chi connectivity index (χ4v) is 7.34. The van der Waals surface area contributed by atoms with Crippen molar-refractivity contribution < 1.29 is 17.7 Å². The van der Waals surface area contributed by atoms with Crippen molar-refractivity contribution in [3.63, 3.8) is 0 Å². The van der Waals surface area contributed by atoms with Gasteiger partial charge in [-0.1, -0.05) is 11.6 Å². The van der Waals surface area contributed by atoms with Gasteiger partial charge in [-0.2, -0.15) is 9.29 Å². The summed E-state index contributed by atoms with van der Waals surface area (Å²) in [5.41, 5.74) is 0.989. The Morgan fingerprint density at radius 2 is 2.03 bits per heavy atom. The van der Waals surface area contributed by atoms with Crippen LogP contribution in [0.5, 0.6) is 0 Å². The molecule has 9 nitrogen and oxygen atoms in total. The highest BCUT2D eigenvalue weighted by Gasteiger charge is 2.35. The molecule has 1 N–H and O–H groups in total. The molecule has 1 aliphatic carbocycles. The zero-order valence-electron chi connectivity index (χ0n) is 19.2. The Balaban J connectivity index is 1.32. The van der Waals surface area contributed by atoms with Crippen LogP contribution in [0, 0.1) is 19.8 Å². The summed E-state index contributed by atoms with van der Waals surface area (Å²) in [5.74, 6) is 1.20. The summed E-state index contributed by atoms with van der Waals surface area (Å²) in [6.45, 7) is 4.23. The van der Waals surface area contributed by atoms with Gasteiger partial charge < -0.3 is 9.84 Å². The average molecular weight is 502 g/mol. The van der Waals surface area contributed by atoms with E-state index in [1.807, 2.05) is 13.0 Å². The van der Waals surface area contributed by atoms with Gasteiger partial charge in [-0.3, -0.25) is 4.79 Å². The van der Waals surface area contributed by atoms with E-state index in [1.54, 1.807) is 25.3 Å². The molecule has 0 aromatic carbocycles. The standard InChI is InChI=1S/C23H27N5O4S2/c1-14-8-9-24-20(11-14)25-22(29)17-7-4-10-28(13-17)34(30,31)19-12-18(33-15(19)2)21-26-23(32-27-21)16-5-3-6-16/h8-9,11-12,16-17H,3-7,10,13H2,1-2H3,(H,24,25,29)/t17-/m1/s1. The first-order valence-electron chi connectivity index (χ1n) is 11.5. The van der Waals surface area contributed by atoms with Crippen LogP contribution in [0.2, 0.25) is 0 Å². The molecule has 180 valence electrons. The molecule has 2 fully saturated rings. The highest BCUT2D eigenvalue weighted by Crippen LogP contribution is 2.38. The van der Waals surface area contributed by atoms with Gasteiger partial charge in [0.15, 0.2) is 0 Å². The lowest BCUT2D eigenvalue weighted by Crippen LogP contribution is -2.43. The average Bonchev–Trinajstić information content (AvgIpc) is 3.40. The maximum absolute atomic E-state index is 13.5. The monoisotopic (exact) mass is 501 g/mol. The molecule has 3 aromatic heterocycles. The predicted molar refractivity (Wildman–Crippen MR) is 128 cm³/mol. The minimum absolute atomic E-state index is 0.138. The van der Waals surface area contributed by atoms with Gasteiger partial charge in [0.1, 0.15) is 5.82 Å². The van der Waals surface area contributed by atoms with Crippen LogP contribution in [-0.4, -0.2) is 46.8 Å². The van der Waals surface area contributed by atoms with Crippen LogP contribution < -0.4 is 5.32 Å². The smallest absolute Gasteiger partial charge is 0.244 e. The summed E-state index contributed by atoms with van der Waals surface area (Å²) in [7, 11) is -3.77. The minimum Gasteiger partial charge on any atom is -0.339 e. The summed E-state index contributed by atoms with van der Waals surface area (Å²) < 4.78 is 33.9. The number of thiophene rings is 1. The summed E-state index contributed by atoms with van der Waals surface area (Å²) in [5, 5.41) is 6.90. The van der Waals surface area contributed by atoms with Crippen LogP contribution in [0.15, 0.2) is 33.8 Å². The maximum Gasteiger partial charge on any atom is 0.244 e. The molecule has 5 rings (SSSR count). The van der Waals surface area contributed by atoms with Gasteiger partial charge in [0, 0.05) is 30.1 Å². The Bertz CT molecular complexity index is 1310. The van der Waals surface area contributed by atoms with Crippen molar-refractivity contribution in [1.29, 1.82) is 0 Å². The van der Waals surface area contributed by atoms with Crippen molar-refractivity contribution >= 4 is 33.1 Å². The van der Waals surface area contributed by atoms with Crippen molar-refractivity contribution in [3.8, 4) is 10.7 Å². The first kappa shape index (κ1) is 23.1. The van der Waals surface area contributed by atoms with E-state index in [1.165, 1.54) is 22.1 Å². The van der Waals surface area contributed by atoms with E-state index in [0.717, 1.165) is 18.4 Å². The Morgan fingerprint density at radius 1 is 1.21 bits per heavy atom. The molecule has 1 atom stereocenters. The van der Waals surface area contributed by atoms with E-state index in [4.69, 9.17) is 4.52 Å². The number of nitrogens with one attached hydrogen (secondary N) is 1. The number of nitrogens with zero attached hydrogens (tertiary/aromatic N) is 4. The zero-order valence-corrected chi connectivity index (χ0v) is 20.8. The van der Waals surface area contributed by atoms with Crippen molar-refractivity contribution in [1.82, 2.24) is 19.4 Å². The molecule has 3 aromatic rings. The molecule has 4 heterocycles. The molecule has 0 unspecified atom stereocenters. The molecular formula is C23H27N5O4S2. The number of amides is 1. The number of pyridine rings is 1. The molecule has 34 heavy (non-hydrogen) atoms. The molecule has 0 bridgehead atoms. The Hall–Kier alpha value is -2.63. The summed E-state index contributed by atoms with van der Waals surface area (Å²) in [4.78, 5) is 23.1. The van der Waals surface area contributed by atoms with Gasteiger partial charge in [0.05, 0.1) is 15.7 Å². The quantitative estimate of drug-likeness (QED) is 0.540. The molecule has 11 heteroatoms. The lowest BCUT2D eigenvalue weighted by Gasteiger charge is -2.31. The number of hydrogen-bond donors (Lipinski definition) is 1. The molecule has 1 saturated heterocycles. The topological polar surface area (TPSA) is 118 Å². The summed E-state index contributed by atoms with van der Waals surface area (Å²) >= 11 is 1.34. The third kappa shape index (κ3) is 4.51. The molecule has 2 aliphatic rings. The van der Waals surface area contributed by atoms with Gasteiger partial charge in [-0.25, -0.2) is 13.4 Å². The van der Waals surface area contributed by atoms with Crippen molar-refractivity contribution in [2.24, 2.45) is 5.92 Å². The highest BCUT2D eigenvalue weighted by molar-refractivity contribution is 7.89. The van der Waals surface area contributed by atoms with Gasteiger partial charge in [0.2, 0.25) is 27.6 Å². The number of rotatable bonds is 6. The molecule has 0 radical (unpaired) electrons. The number of carbonyl (C=O) groups is 1. The number of aryl methyl sites for hydroxylation is 2. The van der Waals surface area contributed by atoms with Gasteiger partial charge in [-0.15, -0.1) is 11.3 Å². The van der Waals surface area contributed by atoms with Crippen LogP contribution in [0.4, 0.5) is 5.82 Å². The Kier molecular flexibility index (Phi) is 6.26. The second kappa shape index (κ2) is 9.20. The number of aromatic nitrogens is 3. The normalized spacial score (nSPS) is 19.6. The minimum atomic E-state index is -3.77. The molecule has 0 spiro atoms. The van der Waals surface area contributed by atoms with E-state index >= 15 is 0 Å². The lowest BCUT2D eigenvalue weighted by molar-refractivity contribution is -0.120. The van der Waals surface area contributed by atoms with Crippen molar-refractivity contribution in [2.75, 3.05) is 18.4 Å². The van der Waals surface area contributed by atoms with Crippen LogP contribution in [-0.2, 0) is 14.8 Å². The SMILES string of the molecule is Cc1ccnc(NC(=O)[C@@H]2CCCN(S(=O)(=O)c3cc(-c4noc(C5CCC5)n4)sc3C)C2)c1. The fourth-order valence-electron chi connectivity index (χ4n) is 4.33. The van der Waals surface area contributed by atoms with Gasteiger partial charge >= 0.3 is 0 Å². The molecule has 1 amide bonds. The third-order valence-corrected chi connectivity index (χ3v) is 9.70. The van der Waals surface area contributed by atoms with Crippen LogP contribution >= 0.6 is 11.3 Å². The largest absolute Gasteiger partial charge is 0.339 e. The number of piperidine rings is 1. The number of hydrogen-bond acceptors (Lipinski definition) is 8. The van der Waals surface area contributed by atoms with Crippen molar-refractivity contribution in [3.05, 3.63) is 40.7 Å². The van der Waals surface area contributed by atoms with E-state index in [2.05, 4.69) is 20.4 Å². The van der Waals surface area contributed by atoms with Crippen LogP contribution in [0.1, 0.15) is 54.4 Å². The van der Waals surface area contributed by atoms with Crippen molar-refractivity contribution in [2.45, 2.75) is 56.8 Å². The molecule has 1 aliphatic heterocycles. The van der Waals surface area contributed by atoms with E-state index in [9.17, 15) is 13.2 Å². The van der Waals surface area contributed by atoms with E-state index in [-0.39, 0.29) is 17.3 Å². The Morgan fingerprint density at radius 3 is 2.76 bits per heavy atom. The second-order valence-corrected chi connectivity index (χ2v) is 12.2. The first-order chi connectivity index (χ1) is 16.3. The number of sulfonamides is 1. The highest BCUT2D eigenvalue weighted by atomic mass is 32.2. The summed E-state index contributed by atoms with van der Waals surface area (Å²) in [6.07, 6.45) is 6.15. The third-order valence-electron chi connectivity index (χ3n) is 6.53. The van der Waals surface area contributed by atoms with Crippen LogP contribution in [0.3, 0.4) is 0 Å². The van der Waals surface area contributed by atoms with E-state index < -0.39 is 15.9 Å². The lowest BCUT2D eigenvalue weighted by atomic mass is 9.85. The first-order valence-corrected chi connectivity index (χ1v) is 13.7.